The van der Waals surface area contributed by atoms with Crippen molar-refractivity contribution in [2.75, 3.05) is 18.5 Å². The molecule has 0 aliphatic rings. The third kappa shape index (κ3) is 11.6. The van der Waals surface area contributed by atoms with Crippen LogP contribution < -0.4 is 16.0 Å². The number of nitrogens with one attached hydrogen (secondary N) is 3. The van der Waals surface area contributed by atoms with Crippen molar-refractivity contribution in [2.45, 2.75) is 44.2 Å². The molecule has 0 fully saturated rings. The van der Waals surface area contributed by atoms with Gasteiger partial charge >= 0.3 is 5.97 Å². The number of carbonyl (C=O) groups is 4. The standard InChI is InChI=1S/C41H45N3O6/c1-3-13-33(26-38(46)42-36(27-45)24-30-17-9-6-10-18-30)39(47)44-37(40(48)43-35-22-21-31-19-11-12-20-32(31)25-35)28-50-41(49)34(14-4-2)23-29-15-7-5-8-16-29/h3-12,15-22,25,33-34,36-37,45H,1-2,13-14,23-24,26-28H2,(H,42,46)(H,43,48)(H,44,47)/t33-,34+,36-,37-/m0/s1. The lowest BCUT2D eigenvalue weighted by Gasteiger charge is -2.23. The molecule has 4 N–H and O–H groups in total. The molecular weight excluding hydrogens is 630 g/mol. The first-order chi connectivity index (χ1) is 24.3. The van der Waals surface area contributed by atoms with Crippen LogP contribution in [0.25, 0.3) is 10.8 Å². The molecule has 0 spiro atoms. The zero-order chi connectivity index (χ0) is 35.7. The Morgan fingerprint density at radius 1 is 0.700 bits per heavy atom. The van der Waals surface area contributed by atoms with E-state index in [4.69, 9.17) is 4.74 Å². The van der Waals surface area contributed by atoms with Crippen LogP contribution in [0.1, 0.15) is 30.4 Å². The summed E-state index contributed by atoms with van der Waals surface area (Å²) in [5.41, 5.74) is 2.40. The number of rotatable bonds is 19. The highest BCUT2D eigenvalue weighted by molar-refractivity contribution is 5.99. The van der Waals surface area contributed by atoms with Gasteiger partial charge in [0.05, 0.1) is 24.5 Å². The van der Waals surface area contributed by atoms with Crippen LogP contribution in [-0.4, -0.2) is 54.1 Å². The molecule has 0 unspecified atom stereocenters. The van der Waals surface area contributed by atoms with E-state index in [1.807, 2.05) is 97.1 Å². The van der Waals surface area contributed by atoms with Crippen molar-refractivity contribution in [1.29, 1.82) is 0 Å². The second kappa shape index (κ2) is 19.5. The van der Waals surface area contributed by atoms with Gasteiger partial charge in [0.2, 0.25) is 11.8 Å². The van der Waals surface area contributed by atoms with E-state index in [0.29, 0.717) is 24.9 Å². The Bertz CT molecular complexity index is 1740. The summed E-state index contributed by atoms with van der Waals surface area (Å²) in [4.78, 5) is 53.7. The smallest absolute Gasteiger partial charge is 0.309 e. The average Bonchev–Trinajstić information content (AvgIpc) is 3.13. The summed E-state index contributed by atoms with van der Waals surface area (Å²) in [7, 11) is 0. The fourth-order valence-electron chi connectivity index (χ4n) is 5.67. The quantitative estimate of drug-likeness (QED) is 0.0762. The molecular formula is C41H45N3O6. The molecule has 0 aromatic heterocycles. The Balaban J connectivity index is 1.47. The molecule has 4 aromatic carbocycles. The molecule has 0 aliphatic carbocycles. The number of esters is 1. The van der Waals surface area contributed by atoms with Crippen molar-refractivity contribution in [1.82, 2.24) is 10.6 Å². The van der Waals surface area contributed by atoms with Gasteiger partial charge in [-0.05, 0) is 59.7 Å². The number of aliphatic hydroxyl groups excluding tert-OH is 1. The summed E-state index contributed by atoms with van der Waals surface area (Å²) in [5, 5.41) is 20.2. The predicted molar refractivity (Wildman–Crippen MR) is 196 cm³/mol. The summed E-state index contributed by atoms with van der Waals surface area (Å²) in [6, 6.07) is 30.3. The number of ether oxygens (including phenoxy) is 1. The molecule has 0 radical (unpaired) electrons. The number of benzene rings is 4. The van der Waals surface area contributed by atoms with Crippen molar-refractivity contribution < 1.29 is 29.0 Å². The largest absolute Gasteiger partial charge is 0.463 e. The van der Waals surface area contributed by atoms with Crippen LogP contribution in [0.2, 0.25) is 0 Å². The third-order valence-corrected chi connectivity index (χ3v) is 8.32. The van der Waals surface area contributed by atoms with E-state index >= 15 is 0 Å². The Labute approximate surface area is 293 Å². The first kappa shape index (κ1) is 37.3. The summed E-state index contributed by atoms with van der Waals surface area (Å²) in [6.07, 6.45) is 4.32. The normalized spacial score (nSPS) is 13.2. The number of hydrogen-bond acceptors (Lipinski definition) is 6. The van der Waals surface area contributed by atoms with E-state index in [1.165, 1.54) is 6.08 Å². The highest BCUT2D eigenvalue weighted by atomic mass is 16.5. The maximum Gasteiger partial charge on any atom is 0.309 e. The maximum absolute atomic E-state index is 13.7. The monoisotopic (exact) mass is 675 g/mol. The predicted octanol–water partition coefficient (Wildman–Crippen LogP) is 5.54. The van der Waals surface area contributed by atoms with E-state index in [1.54, 1.807) is 12.1 Å². The molecule has 4 atom stereocenters. The maximum atomic E-state index is 13.7. The number of fused-ring (bicyclic) bond motifs is 1. The van der Waals surface area contributed by atoms with Crippen LogP contribution in [0.15, 0.2) is 128 Å². The minimum atomic E-state index is -1.27. The molecule has 0 aliphatic heterocycles. The lowest BCUT2D eigenvalue weighted by atomic mass is 9.96. The number of amides is 3. The Morgan fingerprint density at radius 2 is 1.30 bits per heavy atom. The Morgan fingerprint density at radius 3 is 1.94 bits per heavy atom. The first-order valence-corrected chi connectivity index (χ1v) is 16.8. The van der Waals surface area contributed by atoms with Crippen LogP contribution in [0.3, 0.4) is 0 Å². The molecule has 9 heteroatoms. The molecule has 260 valence electrons. The van der Waals surface area contributed by atoms with Gasteiger partial charge in [-0.2, -0.15) is 0 Å². The first-order valence-electron chi connectivity index (χ1n) is 16.8. The van der Waals surface area contributed by atoms with Gasteiger partial charge in [-0.1, -0.05) is 103 Å². The van der Waals surface area contributed by atoms with Crippen LogP contribution in [0, 0.1) is 11.8 Å². The van der Waals surface area contributed by atoms with Gasteiger partial charge < -0.3 is 25.8 Å². The van der Waals surface area contributed by atoms with Crippen LogP contribution in [-0.2, 0) is 36.8 Å². The van der Waals surface area contributed by atoms with Crippen LogP contribution in [0.4, 0.5) is 5.69 Å². The van der Waals surface area contributed by atoms with Crippen LogP contribution >= 0.6 is 0 Å². The number of aliphatic hydroxyl groups is 1. The van der Waals surface area contributed by atoms with E-state index in [9.17, 15) is 24.3 Å². The number of hydrogen-bond donors (Lipinski definition) is 4. The van der Waals surface area contributed by atoms with E-state index in [-0.39, 0.29) is 19.4 Å². The number of allylic oxidation sites excluding steroid dienone is 2. The third-order valence-electron chi connectivity index (χ3n) is 8.32. The lowest BCUT2D eigenvalue weighted by Crippen LogP contribution is -2.50. The zero-order valence-electron chi connectivity index (χ0n) is 28.1. The Hall–Kier alpha value is -5.54. The average molecular weight is 676 g/mol. The minimum Gasteiger partial charge on any atom is -0.463 e. The molecule has 9 nitrogen and oxygen atoms in total. The molecule has 0 saturated carbocycles. The molecule has 4 aromatic rings. The van der Waals surface area contributed by atoms with Gasteiger partial charge in [-0.15, -0.1) is 13.2 Å². The van der Waals surface area contributed by atoms with Gasteiger partial charge in [0.25, 0.3) is 5.91 Å². The zero-order valence-corrected chi connectivity index (χ0v) is 28.1. The summed E-state index contributed by atoms with van der Waals surface area (Å²) >= 11 is 0. The van der Waals surface area contributed by atoms with Gasteiger partial charge in [0, 0.05) is 12.1 Å². The number of anilines is 1. The summed E-state index contributed by atoms with van der Waals surface area (Å²) in [6.45, 7) is 6.81. The summed E-state index contributed by atoms with van der Waals surface area (Å²) < 4.78 is 5.68. The molecule has 0 bridgehead atoms. The van der Waals surface area contributed by atoms with Crippen molar-refractivity contribution >= 4 is 40.2 Å². The highest BCUT2D eigenvalue weighted by Gasteiger charge is 2.30. The molecule has 4 rings (SSSR count). The van der Waals surface area contributed by atoms with E-state index < -0.39 is 54.2 Å². The van der Waals surface area contributed by atoms with Gasteiger partial charge in [-0.3, -0.25) is 19.2 Å². The fourth-order valence-corrected chi connectivity index (χ4v) is 5.67. The summed E-state index contributed by atoms with van der Waals surface area (Å²) in [5.74, 6) is -3.54. The highest BCUT2D eigenvalue weighted by Crippen LogP contribution is 2.20. The van der Waals surface area contributed by atoms with Crippen molar-refractivity contribution in [3.05, 3.63) is 140 Å². The number of carbonyl (C=O) groups excluding carboxylic acids is 4. The van der Waals surface area contributed by atoms with Crippen molar-refractivity contribution in [3.8, 4) is 0 Å². The second-order valence-corrected chi connectivity index (χ2v) is 12.2. The van der Waals surface area contributed by atoms with Gasteiger partial charge in [0.1, 0.15) is 12.6 Å². The van der Waals surface area contributed by atoms with Crippen LogP contribution in [0.5, 0.6) is 0 Å². The Kier molecular flexibility index (Phi) is 14.5. The van der Waals surface area contributed by atoms with E-state index in [2.05, 4.69) is 29.1 Å². The lowest BCUT2D eigenvalue weighted by molar-refractivity contribution is -0.150. The molecule has 3 amide bonds. The second-order valence-electron chi connectivity index (χ2n) is 12.2. The topological polar surface area (TPSA) is 134 Å². The van der Waals surface area contributed by atoms with Gasteiger partial charge in [0.15, 0.2) is 0 Å². The van der Waals surface area contributed by atoms with E-state index in [0.717, 1.165) is 21.9 Å². The molecule has 0 heterocycles. The molecule has 50 heavy (non-hydrogen) atoms. The van der Waals surface area contributed by atoms with Gasteiger partial charge in [-0.25, -0.2) is 0 Å². The van der Waals surface area contributed by atoms with Crippen molar-refractivity contribution in [3.63, 3.8) is 0 Å². The SMILES string of the molecule is C=CC[C@@H](CC(=O)N[C@H](CO)Cc1ccccc1)C(=O)N[C@@H](COC(=O)[C@H](CC=C)Cc1ccccc1)C(=O)Nc1ccc2ccccc2c1. The van der Waals surface area contributed by atoms with Crippen molar-refractivity contribution in [2.24, 2.45) is 11.8 Å². The fraction of sp³-hybridized carbons (Fsp3) is 0.268. The molecule has 0 saturated heterocycles. The minimum absolute atomic E-state index is 0.152.